The molecule has 3 heterocycles. The predicted molar refractivity (Wildman–Crippen MR) is 116 cm³/mol. The number of fused-ring (bicyclic) bond motifs is 3. The third-order valence-electron chi connectivity index (χ3n) is 6.68. The molecular formula is C24H31F2N3O2. The normalized spacial score (nSPS) is 17.8. The standard InChI is InChI=1S/C24H31F2N3O2/c1-4-10-29-20-6-5-17(22(30)27-11-7-16(2)8-12-27)14-18(20)19-15-28(13-9-21(19)29)23(31)24(3,25)26/h5-6,14,16H,4,7-13,15H2,1-3H3. The lowest BCUT2D eigenvalue weighted by Gasteiger charge is -2.30. The van der Waals surface area contributed by atoms with Crippen LogP contribution in [-0.2, 0) is 24.3 Å². The number of hydrogen-bond donors (Lipinski definition) is 0. The lowest BCUT2D eigenvalue weighted by atomic mass is 9.98. The molecule has 0 aliphatic carbocycles. The van der Waals surface area contributed by atoms with Crippen molar-refractivity contribution in [1.29, 1.82) is 0 Å². The molecule has 2 amide bonds. The number of likely N-dealkylation sites (tertiary alicyclic amines) is 1. The Bertz CT molecular complexity index is 1000. The van der Waals surface area contributed by atoms with Crippen LogP contribution in [0.4, 0.5) is 8.78 Å². The summed E-state index contributed by atoms with van der Waals surface area (Å²) in [4.78, 5) is 28.5. The molecule has 2 aromatic rings. The predicted octanol–water partition coefficient (Wildman–Crippen LogP) is 4.46. The van der Waals surface area contributed by atoms with Crippen LogP contribution in [0.15, 0.2) is 18.2 Å². The molecule has 1 aromatic carbocycles. The molecular weight excluding hydrogens is 400 g/mol. The van der Waals surface area contributed by atoms with Crippen LogP contribution in [0.2, 0.25) is 0 Å². The van der Waals surface area contributed by atoms with E-state index in [0.29, 0.717) is 24.8 Å². The minimum Gasteiger partial charge on any atom is -0.344 e. The third kappa shape index (κ3) is 4.06. The Kier molecular flexibility index (Phi) is 5.79. The van der Waals surface area contributed by atoms with Crippen molar-refractivity contribution in [2.24, 2.45) is 5.92 Å². The van der Waals surface area contributed by atoms with Crippen LogP contribution in [0.1, 0.15) is 61.6 Å². The summed E-state index contributed by atoms with van der Waals surface area (Å²) >= 11 is 0. The largest absolute Gasteiger partial charge is 0.344 e. The van der Waals surface area contributed by atoms with Gasteiger partial charge in [-0.1, -0.05) is 13.8 Å². The van der Waals surface area contributed by atoms with Gasteiger partial charge in [0.05, 0.1) is 0 Å². The van der Waals surface area contributed by atoms with Gasteiger partial charge in [-0.15, -0.1) is 0 Å². The van der Waals surface area contributed by atoms with Crippen molar-refractivity contribution >= 4 is 22.7 Å². The Labute approximate surface area is 182 Å². The lowest BCUT2D eigenvalue weighted by molar-refractivity contribution is -0.155. The van der Waals surface area contributed by atoms with Gasteiger partial charge in [-0.2, -0.15) is 8.78 Å². The average Bonchev–Trinajstić information content (AvgIpc) is 3.05. The average molecular weight is 432 g/mol. The Balaban J connectivity index is 1.71. The number of piperidine rings is 1. The van der Waals surface area contributed by atoms with Gasteiger partial charge in [0.1, 0.15) is 0 Å². The molecule has 1 aromatic heterocycles. The van der Waals surface area contributed by atoms with Crippen LogP contribution in [0.25, 0.3) is 10.9 Å². The van der Waals surface area contributed by atoms with Crippen LogP contribution in [0, 0.1) is 5.92 Å². The number of aromatic nitrogens is 1. The van der Waals surface area contributed by atoms with Gasteiger partial charge >= 0.3 is 5.92 Å². The van der Waals surface area contributed by atoms with Gasteiger partial charge < -0.3 is 14.4 Å². The molecule has 1 saturated heterocycles. The van der Waals surface area contributed by atoms with E-state index in [-0.39, 0.29) is 19.0 Å². The van der Waals surface area contributed by atoms with Gasteiger partial charge in [0.2, 0.25) is 0 Å². The van der Waals surface area contributed by atoms with E-state index in [1.54, 1.807) is 0 Å². The zero-order chi connectivity index (χ0) is 22.3. The Morgan fingerprint density at radius 1 is 1.13 bits per heavy atom. The highest BCUT2D eigenvalue weighted by molar-refractivity contribution is 5.99. The van der Waals surface area contributed by atoms with Gasteiger partial charge in [-0.05, 0) is 43.4 Å². The summed E-state index contributed by atoms with van der Waals surface area (Å²) < 4.78 is 29.6. The van der Waals surface area contributed by atoms with Gasteiger partial charge in [-0.3, -0.25) is 9.59 Å². The van der Waals surface area contributed by atoms with E-state index in [0.717, 1.165) is 61.1 Å². The summed E-state index contributed by atoms with van der Waals surface area (Å²) in [5, 5.41) is 0.900. The number of carbonyl (C=O) groups excluding carboxylic acids is 2. The molecule has 168 valence electrons. The second-order valence-electron chi connectivity index (χ2n) is 9.15. The van der Waals surface area contributed by atoms with E-state index >= 15 is 0 Å². The van der Waals surface area contributed by atoms with Gasteiger partial charge in [0.15, 0.2) is 0 Å². The summed E-state index contributed by atoms with van der Waals surface area (Å²) in [7, 11) is 0. The molecule has 31 heavy (non-hydrogen) atoms. The summed E-state index contributed by atoms with van der Waals surface area (Å²) in [6.45, 7) is 7.76. The summed E-state index contributed by atoms with van der Waals surface area (Å²) in [5.74, 6) is -3.85. The monoisotopic (exact) mass is 431 g/mol. The molecule has 7 heteroatoms. The second-order valence-corrected chi connectivity index (χ2v) is 9.15. The van der Waals surface area contributed by atoms with Crippen LogP contribution >= 0.6 is 0 Å². The molecule has 0 atom stereocenters. The molecule has 0 spiro atoms. The third-order valence-corrected chi connectivity index (χ3v) is 6.68. The van der Waals surface area contributed by atoms with Crippen molar-refractivity contribution in [2.45, 2.75) is 65.5 Å². The number of aryl methyl sites for hydroxylation is 1. The van der Waals surface area contributed by atoms with Gasteiger partial charge in [0.25, 0.3) is 11.8 Å². The summed E-state index contributed by atoms with van der Waals surface area (Å²) in [6, 6.07) is 5.76. The van der Waals surface area contributed by atoms with Crippen LogP contribution in [0.3, 0.4) is 0 Å². The smallest absolute Gasteiger partial charge is 0.322 e. The second kappa shape index (κ2) is 8.24. The maximum atomic E-state index is 13.7. The number of rotatable bonds is 4. The highest BCUT2D eigenvalue weighted by atomic mass is 19.3. The van der Waals surface area contributed by atoms with E-state index in [2.05, 4.69) is 18.4 Å². The Morgan fingerprint density at radius 3 is 2.48 bits per heavy atom. The first-order chi connectivity index (χ1) is 14.7. The van der Waals surface area contributed by atoms with Crippen molar-refractivity contribution in [3.8, 4) is 0 Å². The number of nitrogens with zero attached hydrogens (tertiary/aromatic N) is 3. The van der Waals surface area contributed by atoms with E-state index < -0.39 is 11.8 Å². The van der Waals surface area contributed by atoms with Crippen LogP contribution in [0.5, 0.6) is 0 Å². The number of amides is 2. The van der Waals surface area contributed by atoms with Crippen molar-refractivity contribution in [2.75, 3.05) is 19.6 Å². The zero-order valence-corrected chi connectivity index (χ0v) is 18.6. The summed E-state index contributed by atoms with van der Waals surface area (Å²) in [6.07, 6.45) is 3.51. The van der Waals surface area contributed by atoms with E-state index in [1.165, 1.54) is 4.90 Å². The lowest BCUT2D eigenvalue weighted by Crippen LogP contribution is -2.44. The van der Waals surface area contributed by atoms with Crippen molar-refractivity contribution in [3.63, 3.8) is 0 Å². The molecule has 0 unspecified atom stereocenters. The van der Waals surface area contributed by atoms with Crippen LogP contribution < -0.4 is 0 Å². The van der Waals surface area contributed by atoms with E-state index in [9.17, 15) is 18.4 Å². The minimum atomic E-state index is -3.38. The first-order valence-corrected chi connectivity index (χ1v) is 11.3. The van der Waals surface area contributed by atoms with Crippen molar-refractivity contribution in [3.05, 3.63) is 35.0 Å². The van der Waals surface area contributed by atoms with Gasteiger partial charge in [-0.25, -0.2) is 0 Å². The summed E-state index contributed by atoms with van der Waals surface area (Å²) in [5.41, 5.74) is 3.63. The molecule has 1 fully saturated rings. The number of hydrogen-bond acceptors (Lipinski definition) is 2. The molecule has 0 radical (unpaired) electrons. The molecule has 0 N–H and O–H groups in total. The molecule has 5 nitrogen and oxygen atoms in total. The zero-order valence-electron chi connectivity index (χ0n) is 18.6. The first kappa shape index (κ1) is 21.8. The molecule has 0 bridgehead atoms. The first-order valence-electron chi connectivity index (χ1n) is 11.3. The quantitative estimate of drug-likeness (QED) is 0.717. The Hall–Kier alpha value is -2.44. The fourth-order valence-corrected chi connectivity index (χ4v) is 4.91. The topological polar surface area (TPSA) is 45.6 Å². The highest BCUT2D eigenvalue weighted by Gasteiger charge is 2.39. The molecule has 0 saturated carbocycles. The number of halogens is 2. The molecule has 4 rings (SSSR count). The maximum absolute atomic E-state index is 13.7. The number of carbonyl (C=O) groups is 2. The number of benzene rings is 1. The van der Waals surface area contributed by atoms with E-state index in [1.807, 2.05) is 23.1 Å². The van der Waals surface area contributed by atoms with Crippen molar-refractivity contribution < 1.29 is 18.4 Å². The molecule has 2 aliphatic rings. The van der Waals surface area contributed by atoms with Gasteiger partial charge in [0, 0.05) is 73.8 Å². The minimum absolute atomic E-state index is 0.0228. The Morgan fingerprint density at radius 2 is 1.84 bits per heavy atom. The maximum Gasteiger partial charge on any atom is 0.322 e. The molecule has 2 aliphatic heterocycles. The fourth-order valence-electron chi connectivity index (χ4n) is 4.91. The van der Waals surface area contributed by atoms with Crippen molar-refractivity contribution in [1.82, 2.24) is 14.4 Å². The van der Waals surface area contributed by atoms with E-state index in [4.69, 9.17) is 0 Å². The van der Waals surface area contributed by atoms with Crippen LogP contribution in [-0.4, -0.2) is 51.7 Å². The highest BCUT2D eigenvalue weighted by Crippen LogP contribution is 2.34. The SMILES string of the molecule is CCCn1c2c(c3cc(C(=O)N4CCC(C)CC4)ccc31)CN(C(=O)C(C)(F)F)CC2. The number of alkyl halides is 2. The fraction of sp³-hybridized carbons (Fsp3) is 0.583.